The van der Waals surface area contributed by atoms with Crippen molar-refractivity contribution in [3.8, 4) is 0 Å². The van der Waals surface area contributed by atoms with Gasteiger partial charge in [0.05, 0.1) is 10.6 Å². The van der Waals surface area contributed by atoms with Gasteiger partial charge in [-0.3, -0.25) is 4.79 Å². The lowest BCUT2D eigenvalue weighted by molar-refractivity contribution is -0.137. The van der Waals surface area contributed by atoms with E-state index in [0.717, 1.165) is 34.6 Å². The van der Waals surface area contributed by atoms with Crippen LogP contribution in [0.15, 0.2) is 47.4 Å². The van der Waals surface area contributed by atoms with Crippen molar-refractivity contribution < 1.29 is 26.4 Å². The molecule has 0 heterocycles. The fourth-order valence-electron chi connectivity index (χ4n) is 1.98. The predicted molar refractivity (Wildman–Crippen MR) is 91.7 cm³/mol. The number of sulfonamides is 1. The van der Waals surface area contributed by atoms with Gasteiger partial charge in [-0.25, -0.2) is 12.7 Å². The highest BCUT2D eigenvalue weighted by atomic mass is 35.5. The molecule has 0 unspecified atom stereocenters. The van der Waals surface area contributed by atoms with Crippen LogP contribution in [0.25, 0.3) is 0 Å². The van der Waals surface area contributed by atoms with Crippen LogP contribution >= 0.6 is 11.6 Å². The summed E-state index contributed by atoms with van der Waals surface area (Å²) in [4.78, 5) is 12.0. The lowest BCUT2D eigenvalue weighted by Gasteiger charge is -2.14. The third-order valence-electron chi connectivity index (χ3n) is 3.42. The van der Waals surface area contributed by atoms with E-state index in [1.54, 1.807) is 0 Å². The first-order chi connectivity index (χ1) is 11.9. The Hall–Kier alpha value is -2.10. The molecular formula is C16H14ClF3N2O3S. The van der Waals surface area contributed by atoms with Crippen LogP contribution in [0.5, 0.6) is 0 Å². The molecule has 0 radical (unpaired) electrons. The Morgan fingerprint density at radius 2 is 1.65 bits per heavy atom. The SMILES string of the molecule is CN(C)S(=O)(=O)c1cc(C(=O)Nc2ccc(C(F)(F)F)cc2)ccc1Cl. The number of benzene rings is 2. The summed E-state index contributed by atoms with van der Waals surface area (Å²) in [7, 11) is -1.22. The largest absolute Gasteiger partial charge is 0.416 e. The molecule has 0 aliphatic rings. The van der Waals surface area contributed by atoms with Gasteiger partial charge < -0.3 is 5.32 Å². The first-order valence-electron chi connectivity index (χ1n) is 7.13. The molecule has 2 rings (SSSR count). The number of carbonyl (C=O) groups is 1. The Morgan fingerprint density at radius 3 is 2.15 bits per heavy atom. The summed E-state index contributed by atoms with van der Waals surface area (Å²) in [6.07, 6.45) is -4.48. The molecule has 2 aromatic carbocycles. The lowest BCUT2D eigenvalue weighted by atomic mass is 10.1. The molecule has 10 heteroatoms. The van der Waals surface area contributed by atoms with Gasteiger partial charge in [0.25, 0.3) is 5.91 Å². The second kappa shape index (κ2) is 7.26. The quantitative estimate of drug-likeness (QED) is 0.838. The molecule has 0 saturated carbocycles. The number of rotatable bonds is 4. The highest BCUT2D eigenvalue weighted by Crippen LogP contribution is 2.30. The van der Waals surface area contributed by atoms with E-state index in [0.29, 0.717) is 0 Å². The normalized spacial score (nSPS) is 12.3. The topological polar surface area (TPSA) is 66.5 Å². The molecule has 0 aromatic heterocycles. The first kappa shape index (κ1) is 20.2. The summed E-state index contributed by atoms with van der Waals surface area (Å²) in [5.41, 5.74) is -0.717. The fourth-order valence-corrected chi connectivity index (χ4v) is 3.38. The molecule has 0 atom stereocenters. The van der Waals surface area contributed by atoms with Crippen molar-refractivity contribution in [2.45, 2.75) is 11.1 Å². The lowest BCUT2D eigenvalue weighted by Crippen LogP contribution is -2.23. The molecule has 5 nitrogen and oxygen atoms in total. The van der Waals surface area contributed by atoms with Crippen molar-refractivity contribution in [2.24, 2.45) is 0 Å². The summed E-state index contributed by atoms with van der Waals surface area (Å²) >= 11 is 5.91. The van der Waals surface area contributed by atoms with Gasteiger partial charge in [-0.2, -0.15) is 13.2 Å². The van der Waals surface area contributed by atoms with Gasteiger partial charge in [0.15, 0.2) is 0 Å². The first-order valence-corrected chi connectivity index (χ1v) is 8.95. The molecule has 140 valence electrons. The number of carbonyl (C=O) groups excluding carboxylic acids is 1. The van der Waals surface area contributed by atoms with Gasteiger partial charge in [-0.05, 0) is 42.5 Å². The number of nitrogens with one attached hydrogen (secondary N) is 1. The molecule has 0 saturated heterocycles. The molecular weight excluding hydrogens is 393 g/mol. The average Bonchev–Trinajstić information content (AvgIpc) is 2.54. The van der Waals surface area contributed by atoms with Crippen LogP contribution in [0.3, 0.4) is 0 Å². The van der Waals surface area contributed by atoms with Crippen molar-refractivity contribution in [1.29, 1.82) is 0 Å². The Morgan fingerprint density at radius 1 is 1.08 bits per heavy atom. The van der Waals surface area contributed by atoms with Crippen LogP contribution < -0.4 is 5.32 Å². The highest BCUT2D eigenvalue weighted by molar-refractivity contribution is 7.89. The highest BCUT2D eigenvalue weighted by Gasteiger charge is 2.30. The van der Waals surface area contributed by atoms with E-state index in [9.17, 15) is 26.4 Å². The fraction of sp³-hybridized carbons (Fsp3) is 0.188. The molecule has 0 aliphatic carbocycles. The molecule has 2 aromatic rings. The number of halogens is 4. The van der Waals surface area contributed by atoms with Crippen LogP contribution in [0.4, 0.5) is 18.9 Å². The van der Waals surface area contributed by atoms with E-state index in [2.05, 4.69) is 5.32 Å². The number of hydrogen-bond donors (Lipinski definition) is 1. The van der Waals surface area contributed by atoms with Crippen molar-refractivity contribution in [3.63, 3.8) is 0 Å². The molecule has 0 aliphatic heterocycles. The Kier molecular flexibility index (Phi) is 5.64. The Balaban J connectivity index is 2.28. The molecule has 26 heavy (non-hydrogen) atoms. The standard InChI is InChI=1S/C16H14ClF3N2O3S/c1-22(2)26(24,25)14-9-10(3-8-13(14)17)15(23)21-12-6-4-11(5-7-12)16(18,19)20/h3-9H,1-2H3,(H,21,23). The zero-order chi connectivity index (χ0) is 19.7. The number of nitrogens with zero attached hydrogens (tertiary/aromatic N) is 1. The van der Waals surface area contributed by atoms with E-state index in [1.807, 2.05) is 0 Å². The van der Waals surface area contributed by atoms with Crippen LogP contribution in [-0.2, 0) is 16.2 Å². The Labute approximate surface area is 153 Å². The van der Waals surface area contributed by atoms with Crippen LogP contribution in [-0.4, -0.2) is 32.7 Å². The van der Waals surface area contributed by atoms with E-state index < -0.39 is 27.7 Å². The number of anilines is 1. The zero-order valence-electron chi connectivity index (χ0n) is 13.6. The monoisotopic (exact) mass is 406 g/mol. The van der Waals surface area contributed by atoms with Gasteiger partial charge >= 0.3 is 6.18 Å². The van der Waals surface area contributed by atoms with E-state index in [1.165, 1.54) is 26.2 Å². The minimum atomic E-state index is -4.48. The van der Waals surface area contributed by atoms with Crippen molar-refractivity contribution in [1.82, 2.24) is 4.31 Å². The van der Waals surface area contributed by atoms with Gasteiger partial charge in [0.1, 0.15) is 4.90 Å². The number of alkyl halides is 3. The van der Waals surface area contributed by atoms with Gasteiger partial charge in [0, 0.05) is 25.3 Å². The third-order valence-corrected chi connectivity index (χ3v) is 5.72. The van der Waals surface area contributed by atoms with Crippen LogP contribution in [0.2, 0.25) is 5.02 Å². The summed E-state index contributed by atoms with van der Waals surface area (Å²) in [5.74, 6) is -0.684. The molecule has 1 N–H and O–H groups in total. The second-order valence-electron chi connectivity index (χ2n) is 5.46. The van der Waals surface area contributed by atoms with Crippen LogP contribution in [0.1, 0.15) is 15.9 Å². The van der Waals surface area contributed by atoms with Crippen molar-refractivity contribution in [2.75, 3.05) is 19.4 Å². The predicted octanol–water partition coefficient (Wildman–Crippen LogP) is 3.86. The molecule has 0 bridgehead atoms. The van der Waals surface area contributed by atoms with Crippen molar-refractivity contribution >= 4 is 33.2 Å². The van der Waals surface area contributed by atoms with Crippen molar-refractivity contribution in [3.05, 3.63) is 58.6 Å². The minimum Gasteiger partial charge on any atom is -0.322 e. The third kappa shape index (κ3) is 4.35. The Bertz CT molecular complexity index is 927. The summed E-state index contributed by atoms with van der Waals surface area (Å²) in [5, 5.41) is 2.36. The van der Waals surface area contributed by atoms with Gasteiger partial charge in [-0.15, -0.1) is 0 Å². The van der Waals surface area contributed by atoms with E-state index >= 15 is 0 Å². The summed E-state index contributed by atoms with van der Waals surface area (Å²) in [6, 6.07) is 7.56. The molecule has 1 amide bonds. The maximum absolute atomic E-state index is 12.5. The smallest absolute Gasteiger partial charge is 0.322 e. The maximum Gasteiger partial charge on any atom is 0.416 e. The van der Waals surface area contributed by atoms with Gasteiger partial charge in [0.2, 0.25) is 10.0 Å². The zero-order valence-corrected chi connectivity index (χ0v) is 15.2. The van der Waals surface area contributed by atoms with E-state index in [-0.39, 0.29) is 21.2 Å². The number of amides is 1. The average molecular weight is 407 g/mol. The van der Waals surface area contributed by atoms with Gasteiger partial charge in [-0.1, -0.05) is 11.6 Å². The summed E-state index contributed by atoms with van der Waals surface area (Å²) in [6.45, 7) is 0. The van der Waals surface area contributed by atoms with E-state index in [4.69, 9.17) is 11.6 Å². The van der Waals surface area contributed by atoms with Crippen LogP contribution in [0, 0.1) is 0 Å². The number of hydrogen-bond acceptors (Lipinski definition) is 3. The molecule has 0 fully saturated rings. The minimum absolute atomic E-state index is 0.00489. The maximum atomic E-state index is 12.5. The second-order valence-corrected chi connectivity index (χ2v) is 7.99. The summed E-state index contributed by atoms with van der Waals surface area (Å²) < 4.78 is 63.0. The molecule has 0 spiro atoms.